The zero-order valence-electron chi connectivity index (χ0n) is 18.5. The van der Waals surface area contributed by atoms with E-state index in [4.69, 9.17) is 4.74 Å². The molecule has 0 unspecified atom stereocenters. The molecule has 5 nitrogen and oxygen atoms in total. The van der Waals surface area contributed by atoms with E-state index in [0.717, 1.165) is 27.4 Å². The number of aryl methyl sites for hydroxylation is 2. The fourth-order valence-electron chi connectivity index (χ4n) is 5.69. The van der Waals surface area contributed by atoms with Crippen molar-refractivity contribution in [3.63, 3.8) is 0 Å². The van der Waals surface area contributed by atoms with Crippen LogP contribution in [-0.2, 0) is 14.1 Å². The first-order valence-corrected chi connectivity index (χ1v) is 10.9. The predicted molar refractivity (Wildman–Crippen MR) is 127 cm³/mol. The van der Waals surface area contributed by atoms with Gasteiger partial charge in [-0.15, -0.1) is 0 Å². The molecule has 3 heterocycles. The van der Waals surface area contributed by atoms with Crippen molar-refractivity contribution >= 4 is 27.9 Å². The highest BCUT2D eigenvalue weighted by Gasteiger charge is 2.48. The van der Waals surface area contributed by atoms with Gasteiger partial charge in [0, 0.05) is 42.3 Å². The van der Waals surface area contributed by atoms with E-state index >= 15 is 0 Å². The van der Waals surface area contributed by atoms with Crippen molar-refractivity contribution < 1.29 is 4.74 Å². The lowest BCUT2D eigenvalue weighted by atomic mass is 9.67. The second kappa shape index (κ2) is 6.22. The van der Waals surface area contributed by atoms with Crippen LogP contribution in [0.4, 0.5) is 0 Å². The molecule has 1 aliphatic heterocycles. The molecule has 1 aliphatic carbocycles. The molecule has 0 saturated heterocycles. The molecule has 160 valence electrons. The Kier molecular flexibility index (Phi) is 3.72. The van der Waals surface area contributed by atoms with Gasteiger partial charge in [-0.25, -0.2) is 0 Å². The number of para-hydroxylation sites is 2. The summed E-state index contributed by atoms with van der Waals surface area (Å²) in [6.45, 7) is 4.14. The second-order valence-corrected chi connectivity index (χ2v) is 9.40. The van der Waals surface area contributed by atoms with Gasteiger partial charge in [-0.05, 0) is 37.6 Å². The maximum atomic E-state index is 13.8. The molecule has 2 aliphatic rings. The number of nitrogens with zero attached hydrogens (tertiary/aromatic N) is 2. The molecule has 2 aromatic heterocycles. The number of benzene rings is 2. The first-order chi connectivity index (χ1) is 15.3. The van der Waals surface area contributed by atoms with Crippen LogP contribution < -0.4 is 15.9 Å². The number of ether oxygens (including phenoxy) is 1. The number of aromatic nitrogens is 2. The van der Waals surface area contributed by atoms with Crippen molar-refractivity contribution in [1.29, 1.82) is 0 Å². The Morgan fingerprint density at radius 2 is 1.41 bits per heavy atom. The van der Waals surface area contributed by atoms with Gasteiger partial charge < -0.3 is 13.9 Å². The third-order valence-electron chi connectivity index (χ3n) is 7.29. The number of pyridine rings is 2. The summed E-state index contributed by atoms with van der Waals surface area (Å²) in [7, 11) is 3.61. The minimum Gasteiger partial charge on any atom is -0.486 e. The van der Waals surface area contributed by atoms with Gasteiger partial charge in [0.2, 0.25) is 0 Å². The van der Waals surface area contributed by atoms with E-state index in [-0.39, 0.29) is 23.0 Å². The summed E-state index contributed by atoms with van der Waals surface area (Å²) in [6.07, 6.45) is 3.98. The summed E-state index contributed by atoms with van der Waals surface area (Å²) in [6, 6.07) is 15.8. The highest BCUT2D eigenvalue weighted by Crippen LogP contribution is 2.53. The highest BCUT2D eigenvalue weighted by atomic mass is 16.5. The highest BCUT2D eigenvalue weighted by molar-refractivity contribution is 5.91. The van der Waals surface area contributed by atoms with Crippen molar-refractivity contribution in [3.8, 4) is 5.75 Å². The fourth-order valence-corrected chi connectivity index (χ4v) is 5.69. The molecule has 0 amide bonds. The first-order valence-electron chi connectivity index (χ1n) is 10.9. The van der Waals surface area contributed by atoms with Gasteiger partial charge in [0.05, 0.1) is 16.6 Å². The van der Waals surface area contributed by atoms with Gasteiger partial charge in [0.1, 0.15) is 11.4 Å². The first kappa shape index (κ1) is 19.1. The van der Waals surface area contributed by atoms with Gasteiger partial charge in [0.15, 0.2) is 0 Å². The summed E-state index contributed by atoms with van der Waals surface area (Å²) < 4.78 is 9.97. The Balaban J connectivity index is 1.83. The minimum atomic E-state index is -0.552. The molecule has 4 aromatic rings. The quantitative estimate of drug-likeness (QED) is 0.422. The second-order valence-electron chi connectivity index (χ2n) is 9.40. The zero-order chi connectivity index (χ0) is 22.4. The lowest BCUT2D eigenvalue weighted by molar-refractivity contribution is 0.0401. The van der Waals surface area contributed by atoms with Crippen LogP contribution in [-0.4, -0.2) is 14.7 Å². The Bertz CT molecular complexity index is 1600. The van der Waals surface area contributed by atoms with Crippen LogP contribution in [0, 0.1) is 5.92 Å². The van der Waals surface area contributed by atoms with Crippen LogP contribution in [0.3, 0.4) is 0 Å². The molecule has 0 radical (unpaired) electrons. The summed E-state index contributed by atoms with van der Waals surface area (Å²) in [5, 5.41) is 1.92. The van der Waals surface area contributed by atoms with Crippen molar-refractivity contribution in [2.24, 2.45) is 20.0 Å². The van der Waals surface area contributed by atoms with Crippen LogP contribution in [0.1, 0.15) is 36.5 Å². The molecule has 0 spiro atoms. The molecular weight excluding hydrogens is 400 g/mol. The van der Waals surface area contributed by atoms with Crippen LogP contribution >= 0.6 is 0 Å². The molecule has 2 atom stereocenters. The molecule has 32 heavy (non-hydrogen) atoms. The van der Waals surface area contributed by atoms with Crippen LogP contribution in [0.2, 0.25) is 0 Å². The molecule has 5 heteroatoms. The summed E-state index contributed by atoms with van der Waals surface area (Å²) in [4.78, 5) is 27.1. The van der Waals surface area contributed by atoms with E-state index in [1.54, 1.807) is 23.2 Å². The van der Waals surface area contributed by atoms with Crippen molar-refractivity contribution in [2.45, 2.75) is 25.4 Å². The third-order valence-corrected chi connectivity index (χ3v) is 7.29. The van der Waals surface area contributed by atoms with Gasteiger partial charge in [-0.1, -0.05) is 42.5 Å². The third kappa shape index (κ3) is 2.28. The number of hydrogen-bond donors (Lipinski definition) is 0. The summed E-state index contributed by atoms with van der Waals surface area (Å²) in [5.41, 5.74) is 3.27. The van der Waals surface area contributed by atoms with Crippen molar-refractivity contribution in [2.75, 3.05) is 0 Å². The predicted octanol–water partition coefficient (Wildman–Crippen LogP) is 4.34. The average molecular weight is 425 g/mol. The number of fused-ring (bicyclic) bond motifs is 9. The van der Waals surface area contributed by atoms with Crippen LogP contribution in [0.5, 0.6) is 5.75 Å². The molecule has 2 aromatic carbocycles. The van der Waals surface area contributed by atoms with E-state index < -0.39 is 5.60 Å². The van der Waals surface area contributed by atoms with E-state index in [2.05, 4.69) is 26.0 Å². The maximum absolute atomic E-state index is 13.8. The minimum absolute atomic E-state index is 0.0446. The van der Waals surface area contributed by atoms with Crippen LogP contribution in [0.15, 0.2) is 64.2 Å². The normalized spacial score (nSPS) is 20.5. The van der Waals surface area contributed by atoms with Gasteiger partial charge in [0.25, 0.3) is 11.1 Å². The van der Waals surface area contributed by atoms with Gasteiger partial charge in [-0.2, -0.15) is 0 Å². The van der Waals surface area contributed by atoms with Crippen LogP contribution in [0.25, 0.3) is 27.9 Å². The fraction of sp³-hybridized carbons (Fsp3) is 0.259. The van der Waals surface area contributed by atoms with Crippen molar-refractivity contribution in [1.82, 2.24) is 9.13 Å². The lowest BCUT2D eigenvalue weighted by Gasteiger charge is -2.46. The monoisotopic (exact) mass is 424 g/mol. The van der Waals surface area contributed by atoms with Gasteiger partial charge >= 0.3 is 0 Å². The van der Waals surface area contributed by atoms with Crippen molar-refractivity contribution in [3.05, 3.63) is 92.0 Å². The summed E-state index contributed by atoms with van der Waals surface area (Å²) in [5.74, 6) is 0.295. The SMILES string of the molecule is Cn1c(=O)c2c(c3ccccc31)OC(C)(C)[C@@H]1C=Cc3c(c4ccccc4n(C)c3=O)[C@H]21. The standard InChI is InChI=1S/C27H24N2O3/c1-27(2)18-14-13-17-21(15-9-5-7-11-19(15)28(3)25(17)30)22(18)23-24(32-27)16-10-6-8-12-20(16)29(4)26(23)31/h5-14,18,22H,1-4H3/t18-,22-/m1/s1. The van der Waals surface area contributed by atoms with Gasteiger partial charge in [-0.3, -0.25) is 9.59 Å². The van der Waals surface area contributed by atoms with E-state index in [1.165, 1.54) is 0 Å². The number of hydrogen-bond acceptors (Lipinski definition) is 3. The summed E-state index contributed by atoms with van der Waals surface area (Å²) >= 11 is 0. The molecule has 6 rings (SSSR count). The molecule has 0 bridgehead atoms. The largest absolute Gasteiger partial charge is 0.486 e. The number of rotatable bonds is 0. The zero-order valence-corrected chi connectivity index (χ0v) is 18.5. The Morgan fingerprint density at radius 3 is 2.12 bits per heavy atom. The topological polar surface area (TPSA) is 53.2 Å². The van der Waals surface area contributed by atoms with E-state index in [0.29, 0.717) is 16.9 Å². The molecule has 0 fully saturated rings. The maximum Gasteiger partial charge on any atom is 0.258 e. The van der Waals surface area contributed by atoms with E-state index in [1.807, 2.05) is 48.5 Å². The molecule has 0 saturated carbocycles. The molecular formula is C27H24N2O3. The molecule has 0 N–H and O–H groups in total. The lowest BCUT2D eigenvalue weighted by Crippen LogP contribution is -2.48. The Labute approximate surface area is 185 Å². The Morgan fingerprint density at radius 1 is 0.812 bits per heavy atom. The Hall–Kier alpha value is -3.60. The smallest absolute Gasteiger partial charge is 0.258 e. The average Bonchev–Trinajstić information content (AvgIpc) is 2.80. The van der Waals surface area contributed by atoms with E-state index in [9.17, 15) is 9.59 Å².